The van der Waals surface area contributed by atoms with Crippen molar-refractivity contribution in [1.82, 2.24) is 4.57 Å². The van der Waals surface area contributed by atoms with E-state index in [0.717, 1.165) is 6.42 Å². The van der Waals surface area contributed by atoms with Crippen molar-refractivity contribution in [2.75, 3.05) is 49.8 Å². The van der Waals surface area contributed by atoms with Crippen LogP contribution in [0.4, 0.5) is 0 Å². The third kappa shape index (κ3) is 4.79. The highest BCUT2D eigenvalue weighted by atomic mass is 16.5. The zero-order chi connectivity index (χ0) is 29.9. The Balaban J connectivity index is 2.33. The zero-order valence-corrected chi connectivity index (χ0v) is 24.4. The molecule has 0 radical (unpaired) electrons. The molecule has 1 aromatic heterocycles. The van der Waals surface area contributed by atoms with Gasteiger partial charge in [0, 0.05) is 10.9 Å². The number of hydrogen-bond acceptors (Lipinski definition) is 10. The molecule has 0 atom stereocenters. The molecule has 4 rings (SSSR count). The first kappa shape index (κ1) is 29.6. The number of esters is 2. The van der Waals surface area contributed by atoms with Crippen molar-refractivity contribution in [3.05, 3.63) is 40.3 Å². The van der Waals surface area contributed by atoms with Crippen LogP contribution in [0.3, 0.4) is 0 Å². The molecule has 0 bridgehead atoms. The Morgan fingerprint density at radius 1 is 0.683 bits per heavy atom. The van der Waals surface area contributed by atoms with Crippen LogP contribution in [0.1, 0.15) is 42.6 Å². The molecule has 1 aliphatic carbocycles. The van der Waals surface area contributed by atoms with E-state index in [2.05, 4.69) is 0 Å². The number of carbonyl (C=O) groups excluding carboxylic acids is 2. The van der Waals surface area contributed by atoms with Crippen LogP contribution in [0.5, 0.6) is 28.7 Å². The van der Waals surface area contributed by atoms with E-state index in [-0.39, 0.29) is 11.1 Å². The molecule has 0 N–H and O–H groups in total. The van der Waals surface area contributed by atoms with Crippen molar-refractivity contribution < 1.29 is 42.7 Å². The molecule has 1 saturated carbocycles. The van der Waals surface area contributed by atoms with Crippen molar-refractivity contribution in [1.29, 1.82) is 0 Å². The van der Waals surface area contributed by atoms with Crippen LogP contribution in [0.2, 0.25) is 0 Å². The minimum atomic E-state index is -1.44. The highest BCUT2D eigenvalue weighted by molar-refractivity contribution is 6.08. The lowest BCUT2D eigenvalue weighted by atomic mass is 9.80. The van der Waals surface area contributed by atoms with Gasteiger partial charge in [0.1, 0.15) is 11.2 Å². The second-order valence-corrected chi connectivity index (χ2v) is 9.61. The molecule has 220 valence electrons. The quantitative estimate of drug-likeness (QED) is 0.344. The van der Waals surface area contributed by atoms with Crippen LogP contribution in [0.25, 0.3) is 21.9 Å². The van der Waals surface area contributed by atoms with Gasteiger partial charge >= 0.3 is 11.9 Å². The number of nitrogens with zero attached hydrogens (tertiary/aromatic N) is 1. The van der Waals surface area contributed by atoms with Gasteiger partial charge in [0.15, 0.2) is 23.0 Å². The SMILES string of the molecule is COC(=O)c1c(-c2cc(OC)c(OC)c(OC)c2)c2cc(OC)c(OC)cc2c(=O)n1C1(C(=O)OC)CCCCC1. The van der Waals surface area contributed by atoms with Crippen molar-refractivity contribution >= 4 is 22.7 Å². The van der Waals surface area contributed by atoms with Crippen molar-refractivity contribution in [3.8, 4) is 39.9 Å². The average Bonchev–Trinajstić information content (AvgIpc) is 3.02. The number of pyridine rings is 1. The number of rotatable bonds is 9. The van der Waals surface area contributed by atoms with E-state index in [0.29, 0.717) is 70.9 Å². The summed E-state index contributed by atoms with van der Waals surface area (Å²) in [7, 11) is 9.86. The lowest BCUT2D eigenvalue weighted by molar-refractivity contribution is -0.153. The first-order valence-electron chi connectivity index (χ1n) is 13.1. The van der Waals surface area contributed by atoms with Crippen molar-refractivity contribution in [2.45, 2.75) is 37.6 Å². The summed E-state index contributed by atoms with van der Waals surface area (Å²) in [5, 5.41) is 0.572. The third-order valence-corrected chi connectivity index (χ3v) is 7.69. The summed E-state index contributed by atoms with van der Waals surface area (Å²) in [6.45, 7) is 0. The van der Waals surface area contributed by atoms with E-state index in [4.69, 9.17) is 33.2 Å². The van der Waals surface area contributed by atoms with E-state index in [1.807, 2.05) is 0 Å². The summed E-state index contributed by atoms with van der Waals surface area (Å²) < 4.78 is 39.6. The molecular formula is C30H35NO10. The molecule has 2 aromatic carbocycles. The summed E-state index contributed by atoms with van der Waals surface area (Å²) >= 11 is 0. The Kier molecular flexibility index (Phi) is 8.65. The van der Waals surface area contributed by atoms with Gasteiger partial charge in [-0.2, -0.15) is 0 Å². The Morgan fingerprint density at radius 2 is 1.22 bits per heavy atom. The number of aromatic nitrogens is 1. The smallest absolute Gasteiger partial charge is 0.355 e. The normalized spacial score (nSPS) is 14.2. The highest BCUT2D eigenvalue weighted by Gasteiger charge is 2.46. The third-order valence-electron chi connectivity index (χ3n) is 7.69. The molecule has 41 heavy (non-hydrogen) atoms. The van der Waals surface area contributed by atoms with Crippen LogP contribution < -0.4 is 29.2 Å². The minimum absolute atomic E-state index is 0.112. The fourth-order valence-corrected chi connectivity index (χ4v) is 5.79. The fraction of sp³-hybridized carbons (Fsp3) is 0.433. The van der Waals surface area contributed by atoms with Crippen molar-refractivity contribution in [2.24, 2.45) is 0 Å². The van der Waals surface area contributed by atoms with Gasteiger partial charge in [-0.3, -0.25) is 9.36 Å². The van der Waals surface area contributed by atoms with E-state index < -0.39 is 23.0 Å². The average molecular weight is 570 g/mol. The number of fused-ring (bicyclic) bond motifs is 1. The second kappa shape index (κ2) is 12.0. The lowest BCUT2D eigenvalue weighted by Gasteiger charge is -2.38. The van der Waals surface area contributed by atoms with Crippen LogP contribution in [0, 0.1) is 0 Å². The molecule has 0 amide bonds. The molecule has 1 aliphatic rings. The molecule has 3 aromatic rings. The fourth-order valence-electron chi connectivity index (χ4n) is 5.79. The van der Waals surface area contributed by atoms with E-state index >= 15 is 0 Å². The topological polar surface area (TPSA) is 121 Å². The predicted octanol–water partition coefficient (Wildman–Crippen LogP) is 4.33. The van der Waals surface area contributed by atoms with Gasteiger partial charge in [-0.1, -0.05) is 19.3 Å². The number of benzene rings is 2. The van der Waals surface area contributed by atoms with E-state index in [9.17, 15) is 14.4 Å². The maximum Gasteiger partial charge on any atom is 0.355 e. The van der Waals surface area contributed by atoms with Gasteiger partial charge in [0.2, 0.25) is 5.75 Å². The maximum atomic E-state index is 14.5. The van der Waals surface area contributed by atoms with Gasteiger partial charge in [-0.15, -0.1) is 0 Å². The Hall–Kier alpha value is -4.41. The van der Waals surface area contributed by atoms with Crippen molar-refractivity contribution in [3.63, 3.8) is 0 Å². The molecule has 11 nitrogen and oxygen atoms in total. The first-order valence-corrected chi connectivity index (χ1v) is 13.1. The molecule has 0 aliphatic heterocycles. The standard InChI is InChI=1S/C30H35NO10/c1-35-20-15-18-19(16-21(20)36-2)27(32)31(30(29(34)41-7)11-9-8-10-12-30)25(28(33)40-6)24(18)17-13-22(37-3)26(39-5)23(14-17)38-4/h13-16H,8-12H2,1-7H3. The Labute approximate surface area is 237 Å². The molecule has 11 heteroatoms. The molecular weight excluding hydrogens is 534 g/mol. The van der Waals surface area contributed by atoms with Gasteiger partial charge in [-0.05, 0) is 42.7 Å². The van der Waals surface area contributed by atoms with Gasteiger partial charge < -0.3 is 33.2 Å². The molecule has 0 unspecified atom stereocenters. The predicted molar refractivity (Wildman–Crippen MR) is 151 cm³/mol. The van der Waals surface area contributed by atoms with Crippen LogP contribution in [0.15, 0.2) is 29.1 Å². The monoisotopic (exact) mass is 569 g/mol. The largest absolute Gasteiger partial charge is 0.493 e. The van der Waals surface area contributed by atoms with Crippen LogP contribution in [-0.4, -0.2) is 66.3 Å². The van der Waals surface area contributed by atoms with E-state index in [1.165, 1.54) is 54.3 Å². The van der Waals surface area contributed by atoms with Gasteiger partial charge in [0.05, 0.1) is 55.2 Å². The van der Waals surface area contributed by atoms with Gasteiger partial charge in [0.25, 0.3) is 5.56 Å². The summed E-state index contributed by atoms with van der Waals surface area (Å²) in [6, 6.07) is 6.50. The summed E-state index contributed by atoms with van der Waals surface area (Å²) in [6.07, 6.45) is 2.80. The number of ether oxygens (including phenoxy) is 7. The van der Waals surface area contributed by atoms with E-state index in [1.54, 1.807) is 24.3 Å². The molecule has 1 fully saturated rings. The molecule has 0 spiro atoms. The Morgan fingerprint density at radius 3 is 1.68 bits per heavy atom. The maximum absolute atomic E-state index is 14.5. The number of carbonyl (C=O) groups is 2. The van der Waals surface area contributed by atoms with Crippen LogP contribution >= 0.6 is 0 Å². The summed E-state index contributed by atoms with van der Waals surface area (Å²) in [5.41, 5.74) is -1.37. The summed E-state index contributed by atoms with van der Waals surface area (Å²) in [5.74, 6) is 0.210. The minimum Gasteiger partial charge on any atom is -0.493 e. The number of hydrogen-bond donors (Lipinski definition) is 0. The first-order chi connectivity index (χ1) is 19.8. The highest BCUT2D eigenvalue weighted by Crippen LogP contribution is 2.46. The summed E-state index contributed by atoms with van der Waals surface area (Å²) in [4.78, 5) is 41.8. The second-order valence-electron chi connectivity index (χ2n) is 9.61. The lowest BCUT2D eigenvalue weighted by Crippen LogP contribution is -2.51. The molecule has 0 saturated heterocycles. The zero-order valence-electron chi connectivity index (χ0n) is 24.4. The molecule has 1 heterocycles. The van der Waals surface area contributed by atoms with Crippen LogP contribution in [-0.2, 0) is 19.8 Å². The number of methoxy groups -OCH3 is 7. The Bertz CT molecular complexity index is 1510. The van der Waals surface area contributed by atoms with Gasteiger partial charge in [-0.25, -0.2) is 9.59 Å².